The van der Waals surface area contributed by atoms with Crippen LogP contribution in [0.2, 0.25) is 10.0 Å². The van der Waals surface area contributed by atoms with E-state index < -0.39 is 6.03 Å². The Labute approximate surface area is 150 Å². The van der Waals surface area contributed by atoms with Crippen molar-refractivity contribution in [2.45, 2.75) is 6.92 Å². The highest BCUT2D eigenvalue weighted by Crippen LogP contribution is 2.27. The molecule has 2 rings (SSSR count). The molecule has 0 fully saturated rings. The molecule has 0 aliphatic heterocycles. The summed E-state index contributed by atoms with van der Waals surface area (Å²) in [4.78, 5) is 11.9. The molecular weight excluding hydrogens is 351 g/mol. The maximum Gasteiger partial charge on any atom is 0.319 e. The molecule has 2 amide bonds. The van der Waals surface area contributed by atoms with E-state index in [0.717, 1.165) is 5.56 Å². The maximum atomic E-state index is 11.9. The lowest BCUT2D eigenvalue weighted by Gasteiger charge is -2.12. The fraction of sp³-hybridized carbons (Fsp3) is 0.235. The quantitative estimate of drug-likeness (QED) is 0.737. The molecule has 5 nitrogen and oxygen atoms in total. The standard InChI is InChI=1S/C17H18Cl2N2O3/c1-11-3-6-15(16(9-11)23-2)24-8-7-20-17(22)21-14-10-12(18)4-5-13(14)19/h3-6,9-10H,7-8H2,1-2H3,(H2,20,21,22). The normalized spacial score (nSPS) is 10.2. The Morgan fingerprint density at radius 3 is 2.67 bits per heavy atom. The van der Waals surface area contributed by atoms with Gasteiger partial charge in [-0.15, -0.1) is 0 Å². The minimum atomic E-state index is -0.390. The number of rotatable bonds is 6. The molecule has 0 aromatic heterocycles. The van der Waals surface area contributed by atoms with E-state index in [2.05, 4.69) is 10.6 Å². The van der Waals surface area contributed by atoms with Gasteiger partial charge in [-0.05, 0) is 42.8 Å². The fourth-order valence-corrected chi connectivity index (χ4v) is 2.32. The van der Waals surface area contributed by atoms with Crippen LogP contribution in [0, 0.1) is 6.92 Å². The van der Waals surface area contributed by atoms with Crippen LogP contribution in [0.1, 0.15) is 5.56 Å². The van der Waals surface area contributed by atoms with Crippen LogP contribution in [-0.2, 0) is 0 Å². The summed E-state index contributed by atoms with van der Waals surface area (Å²) >= 11 is 11.9. The highest BCUT2D eigenvalue weighted by Gasteiger charge is 2.07. The number of halogens is 2. The average Bonchev–Trinajstić information content (AvgIpc) is 2.56. The van der Waals surface area contributed by atoms with Gasteiger partial charge in [0.2, 0.25) is 0 Å². The van der Waals surface area contributed by atoms with Gasteiger partial charge in [0.25, 0.3) is 0 Å². The Bertz CT molecular complexity index is 723. The third-order valence-electron chi connectivity index (χ3n) is 3.14. The van der Waals surface area contributed by atoms with Crippen molar-refractivity contribution in [3.05, 3.63) is 52.0 Å². The Balaban J connectivity index is 1.80. The van der Waals surface area contributed by atoms with Crippen LogP contribution in [0.5, 0.6) is 11.5 Å². The third-order valence-corrected chi connectivity index (χ3v) is 3.71. The third kappa shape index (κ3) is 5.22. The number of carbonyl (C=O) groups excluding carboxylic acids is 1. The van der Waals surface area contributed by atoms with Gasteiger partial charge in [-0.25, -0.2) is 4.79 Å². The number of ether oxygens (including phenoxy) is 2. The second kappa shape index (κ2) is 8.66. The van der Waals surface area contributed by atoms with Crippen LogP contribution in [0.4, 0.5) is 10.5 Å². The summed E-state index contributed by atoms with van der Waals surface area (Å²) in [6.07, 6.45) is 0. The van der Waals surface area contributed by atoms with Crippen LogP contribution in [-0.4, -0.2) is 26.3 Å². The topological polar surface area (TPSA) is 59.6 Å². The molecule has 7 heteroatoms. The first-order chi connectivity index (χ1) is 11.5. The van der Waals surface area contributed by atoms with Crippen molar-refractivity contribution in [3.8, 4) is 11.5 Å². The molecule has 0 unspecified atom stereocenters. The van der Waals surface area contributed by atoms with Gasteiger partial charge in [0.15, 0.2) is 11.5 Å². The van der Waals surface area contributed by atoms with Crippen molar-refractivity contribution < 1.29 is 14.3 Å². The molecular formula is C17H18Cl2N2O3. The van der Waals surface area contributed by atoms with Crippen molar-refractivity contribution in [2.24, 2.45) is 0 Å². The van der Waals surface area contributed by atoms with Crippen molar-refractivity contribution in [2.75, 3.05) is 25.6 Å². The number of hydrogen-bond donors (Lipinski definition) is 2. The van der Waals surface area contributed by atoms with Gasteiger partial charge in [-0.2, -0.15) is 0 Å². The number of nitrogens with one attached hydrogen (secondary N) is 2. The molecule has 0 aliphatic carbocycles. The van der Waals surface area contributed by atoms with Gasteiger partial charge < -0.3 is 20.1 Å². The Kier molecular flexibility index (Phi) is 6.58. The number of anilines is 1. The van der Waals surface area contributed by atoms with Crippen LogP contribution < -0.4 is 20.1 Å². The van der Waals surface area contributed by atoms with Gasteiger partial charge in [0.05, 0.1) is 24.4 Å². The lowest BCUT2D eigenvalue weighted by atomic mass is 10.2. The second-order valence-corrected chi connectivity index (χ2v) is 5.85. The van der Waals surface area contributed by atoms with Crippen molar-refractivity contribution in [3.63, 3.8) is 0 Å². The summed E-state index contributed by atoms with van der Waals surface area (Å²) in [6.45, 7) is 2.59. The van der Waals surface area contributed by atoms with Gasteiger partial charge in [-0.3, -0.25) is 0 Å². The highest BCUT2D eigenvalue weighted by atomic mass is 35.5. The second-order valence-electron chi connectivity index (χ2n) is 5.01. The van der Waals surface area contributed by atoms with Crippen molar-refractivity contribution in [1.82, 2.24) is 5.32 Å². The molecule has 0 saturated heterocycles. The largest absolute Gasteiger partial charge is 0.493 e. The zero-order valence-electron chi connectivity index (χ0n) is 13.4. The minimum Gasteiger partial charge on any atom is -0.493 e. The molecule has 0 aliphatic rings. The molecule has 128 valence electrons. The van der Waals surface area contributed by atoms with E-state index in [9.17, 15) is 4.79 Å². The van der Waals surface area contributed by atoms with E-state index in [1.165, 1.54) is 0 Å². The highest BCUT2D eigenvalue weighted by molar-refractivity contribution is 6.35. The van der Waals surface area contributed by atoms with Crippen molar-refractivity contribution >= 4 is 34.9 Å². The van der Waals surface area contributed by atoms with E-state index in [4.69, 9.17) is 32.7 Å². The van der Waals surface area contributed by atoms with Crippen LogP contribution in [0.25, 0.3) is 0 Å². The summed E-state index contributed by atoms with van der Waals surface area (Å²) < 4.78 is 10.9. The summed E-state index contributed by atoms with van der Waals surface area (Å²) in [5, 5.41) is 6.21. The predicted octanol–water partition coefficient (Wildman–Crippen LogP) is 4.51. The summed E-state index contributed by atoms with van der Waals surface area (Å²) in [5.41, 5.74) is 1.53. The summed E-state index contributed by atoms with van der Waals surface area (Å²) in [6, 6.07) is 10.1. The molecule has 2 N–H and O–H groups in total. The average molecular weight is 369 g/mol. The Hall–Kier alpha value is -2.11. The van der Waals surface area contributed by atoms with E-state index in [1.807, 2.05) is 25.1 Å². The van der Waals surface area contributed by atoms with Crippen LogP contribution in [0.15, 0.2) is 36.4 Å². The fourth-order valence-electron chi connectivity index (χ4n) is 1.98. The first kappa shape index (κ1) is 18.2. The maximum absolute atomic E-state index is 11.9. The number of carbonyl (C=O) groups is 1. The summed E-state index contributed by atoms with van der Waals surface area (Å²) in [7, 11) is 1.59. The number of aryl methyl sites for hydroxylation is 1. The number of hydrogen-bond acceptors (Lipinski definition) is 3. The molecule has 0 radical (unpaired) electrons. The van der Waals surface area contributed by atoms with E-state index in [1.54, 1.807) is 25.3 Å². The molecule has 2 aromatic carbocycles. The molecule has 0 heterocycles. The zero-order valence-corrected chi connectivity index (χ0v) is 14.9. The van der Waals surface area contributed by atoms with E-state index in [0.29, 0.717) is 40.4 Å². The Morgan fingerprint density at radius 1 is 1.12 bits per heavy atom. The van der Waals surface area contributed by atoms with E-state index in [-0.39, 0.29) is 0 Å². The number of benzene rings is 2. The Morgan fingerprint density at radius 2 is 1.92 bits per heavy atom. The van der Waals surface area contributed by atoms with Crippen LogP contribution in [0.3, 0.4) is 0 Å². The lowest BCUT2D eigenvalue weighted by molar-refractivity contribution is 0.246. The van der Waals surface area contributed by atoms with Gasteiger partial charge in [0, 0.05) is 5.02 Å². The lowest BCUT2D eigenvalue weighted by Crippen LogP contribution is -2.32. The first-order valence-electron chi connectivity index (χ1n) is 7.27. The van der Waals surface area contributed by atoms with Gasteiger partial charge in [0.1, 0.15) is 6.61 Å². The van der Waals surface area contributed by atoms with Gasteiger partial charge >= 0.3 is 6.03 Å². The molecule has 24 heavy (non-hydrogen) atoms. The number of urea groups is 1. The molecule has 0 atom stereocenters. The smallest absolute Gasteiger partial charge is 0.319 e. The van der Waals surface area contributed by atoms with E-state index >= 15 is 0 Å². The molecule has 0 saturated carbocycles. The van der Waals surface area contributed by atoms with Crippen LogP contribution >= 0.6 is 23.2 Å². The molecule has 0 bridgehead atoms. The molecule has 2 aromatic rings. The summed E-state index contributed by atoms with van der Waals surface area (Å²) in [5.74, 6) is 1.29. The number of amides is 2. The van der Waals surface area contributed by atoms with Crippen molar-refractivity contribution in [1.29, 1.82) is 0 Å². The van der Waals surface area contributed by atoms with Gasteiger partial charge in [-0.1, -0.05) is 29.3 Å². The first-order valence-corrected chi connectivity index (χ1v) is 8.02. The monoisotopic (exact) mass is 368 g/mol. The zero-order chi connectivity index (χ0) is 17.5. The SMILES string of the molecule is COc1cc(C)ccc1OCCNC(=O)Nc1cc(Cl)ccc1Cl. The number of methoxy groups -OCH3 is 1. The predicted molar refractivity (Wildman–Crippen MR) is 96.7 cm³/mol. The minimum absolute atomic E-state index is 0.302. The molecule has 0 spiro atoms.